The average molecular weight is 593 g/mol. The summed E-state index contributed by atoms with van der Waals surface area (Å²) in [7, 11) is 0. The molecular weight excluding hydrogens is 568 g/mol. The number of hydrogen-bond donors (Lipinski definition) is 0. The van der Waals surface area contributed by atoms with Gasteiger partial charge in [0.2, 0.25) is 5.89 Å². The van der Waals surface area contributed by atoms with Gasteiger partial charge in [-0.15, -0.1) is 0 Å². The molecule has 0 unspecified atom stereocenters. The van der Waals surface area contributed by atoms with E-state index in [2.05, 4.69) is 24.3 Å². The molecule has 9 aromatic rings. The zero-order valence-corrected chi connectivity index (χ0v) is 24.5. The maximum Gasteiger partial charge on any atom is 0.227 e. The lowest BCUT2D eigenvalue weighted by Crippen LogP contribution is -2.00. The molecule has 0 aliphatic heterocycles. The van der Waals surface area contributed by atoms with Crippen LogP contribution in [-0.4, -0.2) is 19.9 Å². The predicted molar refractivity (Wildman–Crippen MR) is 182 cm³/mol. The van der Waals surface area contributed by atoms with Crippen LogP contribution in [0.25, 0.3) is 89.8 Å². The molecule has 0 spiro atoms. The number of hydrogen-bond acceptors (Lipinski definition) is 6. The third-order valence-electron chi connectivity index (χ3n) is 8.19. The van der Waals surface area contributed by atoms with E-state index in [1.54, 1.807) is 0 Å². The minimum atomic E-state index is 0.580. The highest BCUT2D eigenvalue weighted by atomic mass is 16.3. The van der Waals surface area contributed by atoms with Gasteiger partial charge in [0.15, 0.2) is 23.1 Å². The maximum atomic E-state index is 6.64. The largest absolute Gasteiger partial charge is 0.455 e. The van der Waals surface area contributed by atoms with Crippen LogP contribution >= 0.6 is 0 Å². The first kappa shape index (κ1) is 26.0. The Morgan fingerprint density at radius 2 is 0.913 bits per heavy atom. The Labute approximate surface area is 263 Å². The third kappa shape index (κ3) is 4.35. The van der Waals surface area contributed by atoms with Gasteiger partial charge >= 0.3 is 0 Å². The van der Waals surface area contributed by atoms with Crippen molar-refractivity contribution in [3.63, 3.8) is 0 Å². The molecule has 0 saturated heterocycles. The second-order valence-electron chi connectivity index (χ2n) is 11.0. The Morgan fingerprint density at radius 1 is 0.370 bits per heavy atom. The van der Waals surface area contributed by atoms with Gasteiger partial charge in [-0.3, -0.25) is 0 Å². The molecule has 216 valence electrons. The van der Waals surface area contributed by atoms with E-state index in [0.717, 1.165) is 60.8 Å². The number of aromatic nitrogens is 4. The van der Waals surface area contributed by atoms with Crippen molar-refractivity contribution < 1.29 is 8.83 Å². The van der Waals surface area contributed by atoms with E-state index in [1.807, 2.05) is 121 Å². The van der Waals surface area contributed by atoms with Crippen molar-refractivity contribution in [1.82, 2.24) is 19.9 Å². The molecule has 6 nitrogen and oxygen atoms in total. The van der Waals surface area contributed by atoms with Gasteiger partial charge in [0.25, 0.3) is 0 Å². The van der Waals surface area contributed by atoms with Crippen molar-refractivity contribution in [3.8, 4) is 56.7 Å². The van der Waals surface area contributed by atoms with E-state index >= 15 is 0 Å². The first-order valence-electron chi connectivity index (χ1n) is 15.1. The molecule has 0 saturated carbocycles. The molecule has 0 N–H and O–H groups in total. The summed E-state index contributed by atoms with van der Waals surface area (Å²) in [6.45, 7) is 0. The van der Waals surface area contributed by atoms with E-state index < -0.39 is 0 Å². The Kier molecular flexibility index (Phi) is 6.03. The summed E-state index contributed by atoms with van der Waals surface area (Å²) in [5, 5.41) is 1.91. The lowest BCUT2D eigenvalue weighted by atomic mass is 10.00. The Bertz CT molecular complexity index is 2460. The van der Waals surface area contributed by atoms with Crippen molar-refractivity contribution in [1.29, 1.82) is 0 Å². The number of para-hydroxylation sites is 2. The molecule has 0 fully saturated rings. The Morgan fingerprint density at radius 3 is 1.59 bits per heavy atom. The molecule has 9 rings (SSSR count). The van der Waals surface area contributed by atoms with Crippen LogP contribution in [-0.2, 0) is 0 Å². The topological polar surface area (TPSA) is 77.8 Å². The average Bonchev–Trinajstić information content (AvgIpc) is 3.75. The van der Waals surface area contributed by atoms with Crippen molar-refractivity contribution >= 4 is 33.0 Å². The molecule has 3 aromatic heterocycles. The van der Waals surface area contributed by atoms with E-state index in [0.29, 0.717) is 28.9 Å². The van der Waals surface area contributed by atoms with Crippen LogP contribution in [0, 0.1) is 0 Å². The molecular formula is C40H24N4O2. The van der Waals surface area contributed by atoms with Crippen LogP contribution in [0.15, 0.2) is 154 Å². The van der Waals surface area contributed by atoms with Crippen LogP contribution in [0.1, 0.15) is 0 Å². The normalized spacial score (nSPS) is 11.5. The molecule has 3 heterocycles. The summed E-state index contributed by atoms with van der Waals surface area (Å²) in [6, 6.07) is 48.2. The van der Waals surface area contributed by atoms with Gasteiger partial charge in [0.05, 0.1) is 0 Å². The molecule has 0 radical (unpaired) electrons. The van der Waals surface area contributed by atoms with Gasteiger partial charge in [0.1, 0.15) is 16.7 Å². The van der Waals surface area contributed by atoms with Gasteiger partial charge in [0, 0.05) is 44.2 Å². The number of benzene rings is 6. The summed E-state index contributed by atoms with van der Waals surface area (Å²) in [6.07, 6.45) is 0. The number of fused-ring (bicyclic) bond motifs is 4. The number of rotatable bonds is 5. The fourth-order valence-corrected chi connectivity index (χ4v) is 6.04. The fourth-order valence-electron chi connectivity index (χ4n) is 6.04. The predicted octanol–water partition coefficient (Wildman–Crippen LogP) is 10.2. The summed E-state index contributed by atoms with van der Waals surface area (Å²) in [4.78, 5) is 19.7. The van der Waals surface area contributed by atoms with Crippen molar-refractivity contribution in [2.75, 3.05) is 0 Å². The second-order valence-corrected chi connectivity index (χ2v) is 11.0. The van der Waals surface area contributed by atoms with Crippen LogP contribution in [0.3, 0.4) is 0 Å². The summed E-state index contributed by atoms with van der Waals surface area (Å²) in [5.41, 5.74) is 8.49. The number of furan rings is 1. The van der Waals surface area contributed by atoms with Crippen molar-refractivity contribution in [2.24, 2.45) is 0 Å². The minimum Gasteiger partial charge on any atom is -0.455 e. The second kappa shape index (κ2) is 10.6. The monoisotopic (exact) mass is 592 g/mol. The van der Waals surface area contributed by atoms with Gasteiger partial charge in [-0.2, -0.15) is 0 Å². The molecule has 0 amide bonds. The molecule has 0 bridgehead atoms. The lowest BCUT2D eigenvalue weighted by molar-refractivity contribution is 0.620. The first-order chi connectivity index (χ1) is 22.8. The van der Waals surface area contributed by atoms with Crippen LogP contribution < -0.4 is 0 Å². The fraction of sp³-hybridized carbons (Fsp3) is 0. The van der Waals surface area contributed by atoms with Crippen LogP contribution in [0.5, 0.6) is 0 Å². The highest BCUT2D eigenvalue weighted by molar-refractivity contribution is 6.16. The molecule has 0 aliphatic carbocycles. The smallest absolute Gasteiger partial charge is 0.227 e. The minimum absolute atomic E-state index is 0.580. The summed E-state index contributed by atoms with van der Waals surface area (Å²) in [5.74, 6) is 2.39. The highest BCUT2D eigenvalue weighted by Crippen LogP contribution is 2.42. The van der Waals surface area contributed by atoms with Crippen LogP contribution in [0.4, 0.5) is 0 Å². The van der Waals surface area contributed by atoms with E-state index in [-0.39, 0.29) is 0 Å². The molecule has 0 aliphatic rings. The van der Waals surface area contributed by atoms with E-state index in [9.17, 15) is 0 Å². The van der Waals surface area contributed by atoms with Crippen molar-refractivity contribution in [2.45, 2.75) is 0 Å². The number of nitrogens with zero attached hydrogens (tertiary/aromatic N) is 4. The van der Waals surface area contributed by atoms with E-state index in [1.165, 1.54) is 0 Å². The third-order valence-corrected chi connectivity index (χ3v) is 8.19. The van der Waals surface area contributed by atoms with Gasteiger partial charge in [-0.25, -0.2) is 19.9 Å². The lowest BCUT2D eigenvalue weighted by Gasteiger charge is -2.09. The maximum absolute atomic E-state index is 6.64. The molecule has 46 heavy (non-hydrogen) atoms. The van der Waals surface area contributed by atoms with Gasteiger partial charge < -0.3 is 8.83 Å². The van der Waals surface area contributed by atoms with Gasteiger partial charge in [-0.1, -0.05) is 121 Å². The van der Waals surface area contributed by atoms with Crippen molar-refractivity contribution in [3.05, 3.63) is 146 Å². The first-order valence-corrected chi connectivity index (χ1v) is 15.1. The quantitative estimate of drug-likeness (QED) is 0.198. The highest BCUT2D eigenvalue weighted by Gasteiger charge is 2.21. The summed E-state index contributed by atoms with van der Waals surface area (Å²) >= 11 is 0. The van der Waals surface area contributed by atoms with E-state index in [4.69, 9.17) is 28.8 Å². The zero-order chi connectivity index (χ0) is 30.5. The standard InChI is InChI=1S/C40H24N4O2/c1-4-13-25(14-5-1)37-42-38(26-15-6-2-7-16-26)44-39(43-37)31-22-12-24-33-34(31)30-21-10-19-28(35(30)45-33)29-20-11-23-32-36(29)46-40(41-32)27-17-8-3-9-18-27/h1-24H. The SMILES string of the molecule is c1ccc(-c2nc(-c3ccccc3)nc(-c3cccc4oc5c(-c6cccc7nc(-c8ccccc8)oc67)cccc5c34)n2)cc1. The Hall–Kier alpha value is -6.40. The molecule has 6 heteroatoms. The summed E-state index contributed by atoms with van der Waals surface area (Å²) < 4.78 is 13.0. The zero-order valence-electron chi connectivity index (χ0n) is 24.5. The van der Waals surface area contributed by atoms with Gasteiger partial charge in [-0.05, 0) is 24.3 Å². The molecule has 0 atom stereocenters. The number of oxazole rings is 1. The molecule has 6 aromatic carbocycles. The van der Waals surface area contributed by atoms with Crippen LogP contribution in [0.2, 0.25) is 0 Å². The Balaban J connectivity index is 1.26.